The standard InChI is InChI=1S/C24H23F2N3O.C22H16ClNO.C21H17F2N3O.C21H18FN3O.C18H19F2N3O/c1-24(2,3)14-13-16-9-11-17(12-10-16)18-7-5-6-8-20(18)27-23(30)19-15-29(4)28-21(19)22(25)26;1-2-7-16-12-14-17(15-13-16)18-8-4-6-11-21(18)24-22(25)19-9-3-5-10-20(19)23;1-3-6-14-9-11-15(12-10-14)16-7-4-5-8-18(16)24-21(27)17-13-26(2)25-19(17)20(22)23;1-4-7-15-10-12-16(13-11-15)17-8-5-6-9-18(17)23-21(26)19-14(2)24-25(3)20(19)22;1-23-9-14(16(22-23)17(19)20)18(24)21-15-5-3-2-4-11(15)13-8-12(13)10-6-7-10/h5-12,15,22H,1-4H3,(H,27,30);3-6,8-15H,1H3,(H,24,25);4-5,7-13,20H,1-2H3,(H,24,27);5-6,8-13H,1-3H3,(H,23,26);2-5,9-10,12-13,17H,6-8H2,1H3,(H,21,24). The first-order valence-corrected chi connectivity index (χ1v) is 42.4. The topological polar surface area (TPSA) is 217 Å². The first kappa shape index (κ1) is 95.5. The molecule has 5 N–H and O–H groups in total. The molecule has 2 saturated carbocycles. The molecular formula is C106H93ClF7N13O5. The van der Waals surface area contributed by atoms with Crippen molar-refractivity contribution in [1.82, 2.24) is 39.1 Å². The zero-order chi connectivity index (χ0) is 94.5. The molecule has 10 aromatic carbocycles. The highest BCUT2D eigenvalue weighted by Crippen LogP contribution is 2.60. The summed E-state index contributed by atoms with van der Waals surface area (Å²) in [6, 6.07) is 75.2. The van der Waals surface area contributed by atoms with E-state index in [1.54, 1.807) is 75.4 Å². The lowest BCUT2D eigenvalue weighted by Gasteiger charge is -2.12. The van der Waals surface area contributed by atoms with E-state index in [1.165, 1.54) is 73.7 Å². The normalized spacial score (nSPS) is 12.7. The van der Waals surface area contributed by atoms with Crippen molar-refractivity contribution in [1.29, 1.82) is 0 Å². The first-order valence-electron chi connectivity index (χ1n) is 42.0. The van der Waals surface area contributed by atoms with Crippen LogP contribution in [0.1, 0.15) is 188 Å². The summed E-state index contributed by atoms with van der Waals surface area (Å²) in [5.74, 6) is 22.8. The zero-order valence-corrected chi connectivity index (χ0v) is 74.8. The number of rotatable bonds is 19. The van der Waals surface area contributed by atoms with Gasteiger partial charge in [0.25, 0.3) is 48.8 Å². The van der Waals surface area contributed by atoms with E-state index in [1.807, 2.05) is 195 Å². The van der Waals surface area contributed by atoms with Crippen LogP contribution in [-0.2, 0) is 28.2 Å². The fourth-order valence-corrected chi connectivity index (χ4v) is 14.8. The van der Waals surface area contributed by atoms with Gasteiger partial charge in [-0.3, -0.25) is 38.0 Å². The Kier molecular flexibility index (Phi) is 31.8. The third-order valence-corrected chi connectivity index (χ3v) is 21.3. The van der Waals surface area contributed by atoms with Crippen LogP contribution in [0, 0.1) is 77.5 Å². The Morgan fingerprint density at radius 1 is 0.394 bits per heavy atom. The average Bonchev–Trinajstić information content (AvgIpc) is 1.60. The van der Waals surface area contributed by atoms with Crippen molar-refractivity contribution >= 4 is 69.6 Å². The van der Waals surface area contributed by atoms with Crippen molar-refractivity contribution in [3.63, 3.8) is 0 Å². The fraction of sp³-hybridized carbons (Fsp3) is 0.198. The van der Waals surface area contributed by atoms with Crippen molar-refractivity contribution in [2.75, 3.05) is 26.6 Å². The van der Waals surface area contributed by atoms with Crippen LogP contribution >= 0.6 is 11.6 Å². The molecule has 2 atom stereocenters. The molecule has 0 aliphatic heterocycles. The molecular weight excluding hydrogens is 1700 g/mol. The Labute approximate surface area is 766 Å². The number of nitrogens with zero attached hydrogens (tertiary/aromatic N) is 8. The Morgan fingerprint density at radius 3 is 1.02 bits per heavy atom. The maximum absolute atomic E-state index is 14.1. The summed E-state index contributed by atoms with van der Waals surface area (Å²) in [6.45, 7) is 13.1. The van der Waals surface area contributed by atoms with E-state index < -0.39 is 65.9 Å². The number of aromatic nitrogens is 8. The van der Waals surface area contributed by atoms with Gasteiger partial charge in [-0.25, -0.2) is 31.0 Å². The first-order chi connectivity index (χ1) is 63.4. The van der Waals surface area contributed by atoms with Gasteiger partial charge in [-0.2, -0.15) is 24.8 Å². The Balaban J connectivity index is 0.000000149. The quantitative estimate of drug-likeness (QED) is 0.0384. The summed E-state index contributed by atoms with van der Waals surface area (Å²) in [5, 5.41) is 29.5. The van der Waals surface area contributed by atoms with Crippen LogP contribution in [0.5, 0.6) is 0 Å². The van der Waals surface area contributed by atoms with Crippen LogP contribution in [-0.4, -0.2) is 68.7 Å². The summed E-state index contributed by atoms with van der Waals surface area (Å²) < 4.78 is 97.6. The van der Waals surface area contributed by atoms with E-state index in [9.17, 15) is 54.7 Å². The Hall–Kier alpha value is -15.6. The largest absolute Gasteiger partial charge is 0.322 e. The number of para-hydroxylation sites is 5. The van der Waals surface area contributed by atoms with Gasteiger partial charge in [0.1, 0.15) is 22.6 Å². The summed E-state index contributed by atoms with van der Waals surface area (Å²) in [4.78, 5) is 62.8. The monoisotopic (exact) mass is 1800 g/mol. The number of hydrogen-bond donors (Lipinski definition) is 5. The fourth-order valence-electron chi connectivity index (χ4n) is 14.6. The van der Waals surface area contributed by atoms with E-state index in [4.69, 9.17) is 11.6 Å². The summed E-state index contributed by atoms with van der Waals surface area (Å²) in [7, 11) is 5.99. The molecule has 2 fully saturated rings. The van der Waals surface area contributed by atoms with E-state index in [-0.39, 0.29) is 33.6 Å². The van der Waals surface area contributed by atoms with Crippen LogP contribution in [0.4, 0.5) is 59.2 Å². The molecule has 2 aliphatic rings. The molecule has 2 unspecified atom stereocenters. The summed E-state index contributed by atoms with van der Waals surface area (Å²) in [5.41, 5.74) is 13.7. The van der Waals surface area contributed by atoms with E-state index >= 15 is 0 Å². The van der Waals surface area contributed by atoms with E-state index in [2.05, 4.69) is 115 Å². The molecule has 0 saturated heterocycles. The molecule has 0 radical (unpaired) electrons. The summed E-state index contributed by atoms with van der Waals surface area (Å²) in [6.07, 6.45) is -0.731. The van der Waals surface area contributed by atoms with Gasteiger partial charge < -0.3 is 26.6 Å². The number of carbonyl (C=O) groups excluding carboxylic acids is 5. The highest BCUT2D eigenvalue weighted by atomic mass is 35.5. The number of anilines is 5. The van der Waals surface area contributed by atoms with Gasteiger partial charge in [0, 0.05) is 125 Å². The smallest absolute Gasteiger partial charge is 0.282 e. The number of amides is 5. The van der Waals surface area contributed by atoms with Gasteiger partial charge in [-0.15, -0.1) is 17.8 Å². The number of alkyl halides is 6. The molecule has 132 heavy (non-hydrogen) atoms. The molecule has 5 amide bonds. The molecule has 16 rings (SSSR count). The maximum atomic E-state index is 14.1. The molecule has 4 heterocycles. The minimum absolute atomic E-state index is 0.0455. The van der Waals surface area contributed by atoms with E-state index in [0.29, 0.717) is 39.3 Å². The van der Waals surface area contributed by atoms with Gasteiger partial charge in [0.05, 0.1) is 33.0 Å². The van der Waals surface area contributed by atoms with Crippen LogP contribution in [0.15, 0.2) is 261 Å². The molecule has 18 nitrogen and oxygen atoms in total. The average molecular weight is 1800 g/mol. The molecule has 26 heteroatoms. The van der Waals surface area contributed by atoms with Crippen molar-refractivity contribution < 1.29 is 54.7 Å². The Bertz CT molecular complexity index is 6800. The molecule has 668 valence electrons. The lowest BCUT2D eigenvalue weighted by molar-refractivity contribution is 0.100. The maximum Gasteiger partial charge on any atom is 0.282 e. The van der Waals surface area contributed by atoms with Gasteiger partial charge in [0.2, 0.25) is 5.95 Å². The minimum atomic E-state index is -2.83. The molecule has 0 spiro atoms. The SMILES string of the molecule is CC#Cc1ccc(-c2ccccc2NC(=O)c2c(C)nn(C)c2F)cc1.CC#Cc1ccc(-c2ccccc2NC(=O)c2ccccc2Cl)cc1.CC#Cc1ccc(-c2ccccc2NC(=O)c2cn(C)nc2C(F)F)cc1.Cn1cc(C(=O)Nc2ccccc2-c2ccc(C#CC(C)(C)C)cc2)c(C(F)F)n1.Cn1cc(C(=O)Nc2ccccc2C2CC2C2CC2)c(C(F)F)n1. The second kappa shape index (κ2) is 44.0. The minimum Gasteiger partial charge on any atom is -0.322 e. The highest BCUT2D eigenvalue weighted by molar-refractivity contribution is 6.34. The third kappa shape index (κ3) is 25.1. The zero-order valence-electron chi connectivity index (χ0n) is 74.1. The lowest BCUT2D eigenvalue weighted by atomic mass is 9.97. The Morgan fingerprint density at radius 2 is 0.697 bits per heavy atom. The molecule has 0 bridgehead atoms. The predicted octanol–water partition coefficient (Wildman–Crippen LogP) is 24.2. The van der Waals surface area contributed by atoms with Gasteiger partial charge >= 0.3 is 0 Å². The second-order valence-corrected chi connectivity index (χ2v) is 32.3. The van der Waals surface area contributed by atoms with Crippen LogP contribution < -0.4 is 26.6 Å². The number of aryl methyl sites for hydroxylation is 5. The highest BCUT2D eigenvalue weighted by Gasteiger charge is 2.49. The molecule has 2 aliphatic carbocycles. The van der Waals surface area contributed by atoms with Crippen molar-refractivity contribution in [3.05, 3.63) is 351 Å². The van der Waals surface area contributed by atoms with Crippen molar-refractivity contribution in [2.45, 2.75) is 92.9 Å². The number of hydrogen-bond acceptors (Lipinski definition) is 9. The second-order valence-electron chi connectivity index (χ2n) is 31.9. The lowest BCUT2D eigenvalue weighted by Crippen LogP contribution is -2.15. The number of nitrogens with one attached hydrogen (secondary N) is 5. The summed E-state index contributed by atoms with van der Waals surface area (Å²) >= 11 is 6.12. The number of carbonyl (C=O) groups is 5. The van der Waals surface area contributed by atoms with Gasteiger partial charge in [-0.1, -0.05) is 193 Å². The number of halogens is 8. The van der Waals surface area contributed by atoms with E-state index in [0.717, 1.165) is 107 Å². The van der Waals surface area contributed by atoms with Crippen LogP contribution in [0.2, 0.25) is 5.02 Å². The third-order valence-electron chi connectivity index (χ3n) is 21.0. The van der Waals surface area contributed by atoms with Gasteiger partial charge in [0.15, 0.2) is 0 Å². The molecule has 4 aromatic heterocycles. The van der Waals surface area contributed by atoms with Gasteiger partial charge in [-0.05, 0) is 204 Å². The van der Waals surface area contributed by atoms with Crippen LogP contribution in [0.25, 0.3) is 44.5 Å². The van der Waals surface area contributed by atoms with Crippen LogP contribution in [0.3, 0.4) is 0 Å². The molecule has 14 aromatic rings. The van der Waals surface area contributed by atoms with Crippen molar-refractivity contribution in [2.24, 2.45) is 45.4 Å². The predicted molar refractivity (Wildman–Crippen MR) is 505 cm³/mol. The number of benzene rings is 10. The van der Waals surface area contributed by atoms with Crippen molar-refractivity contribution in [3.8, 4) is 91.9 Å².